The molecule has 0 saturated carbocycles. The summed E-state index contributed by atoms with van der Waals surface area (Å²) in [6.07, 6.45) is 5.87. The van der Waals surface area contributed by atoms with Gasteiger partial charge in [0.1, 0.15) is 0 Å². The molecule has 2 aliphatic heterocycles. The standard InChI is InChI=1S/C18H28N6/c1-15-11-18(21(2)20-15)14-23-12-16-5-7-19-24(16)17(13-23)6-10-22-8-3-4-9-22/h5,7,11,17H,3-4,6,8-10,12-14H2,1-2H3/t17-/m1/s1. The lowest BCUT2D eigenvalue weighted by Gasteiger charge is -2.34. The second-order valence-corrected chi connectivity index (χ2v) is 7.33. The van der Waals surface area contributed by atoms with Crippen molar-refractivity contribution in [2.75, 3.05) is 26.2 Å². The largest absolute Gasteiger partial charge is 0.303 e. The molecule has 0 amide bonds. The second kappa shape index (κ2) is 6.69. The van der Waals surface area contributed by atoms with Crippen LogP contribution in [0.1, 0.15) is 42.4 Å². The van der Waals surface area contributed by atoms with E-state index in [0.29, 0.717) is 6.04 Å². The van der Waals surface area contributed by atoms with Gasteiger partial charge in [0.05, 0.1) is 23.1 Å². The zero-order valence-electron chi connectivity index (χ0n) is 14.9. The molecule has 6 nitrogen and oxygen atoms in total. The fourth-order valence-corrected chi connectivity index (χ4v) is 4.18. The first kappa shape index (κ1) is 15.8. The molecule has 1 atom stereocenters. The topological polar surface area (TPSA) is 42.1 Å². The molecule has 0 aliphatic carbocycles. The minimum Gasteiger partial charge on any atom is -0.303 e. The van der Waals surface area contributed by atoms with Crippen molar-refractivity contribution in [2.24, 2.45) is 7.05 Å². The number of hydrogen-bond donors (Lipinski definition) is 0. The van der Waals surface area contributed by atoms with Gasteiger partial charge in [-0.3, -0.25) is 14.3 Å². The highest BCUT2D eigenvalue weighted by atomic mass is 15.4. The normalized spacial score (nSPS) is 22.2. The Bertz CT molecular complexity index is 681. The molecular formula is C18H28N6. The van der Waals surface area contributed by atoms with Crippen LogP contribution in [0.25, 0.3) is 0 Å². The minimum atomic E-state index is 0.485. The van der Waals surface area contributed by atoms with E-state index in [-0.39, 0.29) is 0 Å². The Morgan fingerprint density at radius 1 is 1.21 bits per heavy atom. The maximum atomic E-state index is 4.60. The average molecular weight is 328 g/mol. The summed E-state index contributed by atoms with van der Waals surface area (Å²) in [4.78, 5) is 5.15. The first-order valence-electron chi connectivity index (χ1n) is 9.15. The van der Waals surface area contributed by atoms with Crippen LogP contribution in [0, 0.1) is 6.92 Å². The summed E-state index contributed by atoms with van der Waals surface area (Å²) in [7, 11) is 2.04. The molecule has 0 unspecified atom stereocenters. The third-order valence-corrected chi connectivity index (χ3v) is 5.41. The van der Waals surface area contributed by atoms with Crippen LogP contribution < -0.4 is 0 Å². The molecule has 6 heteroatoms. The Balaban J connectivity index is 1.45. The quantitative estimate of drug-likeness (QED) is 0.841. The highest BCUT2D eigenvalue weighted by Crippen LogP contribution is 2.25. The summed E-state index contributed by atoms with van der Waals surface area (Å²) in [5.41, 5.74) is 3.73. The molecule has 4 rings (SSSR count). The maximum absolute atomic E-state index is 4.60. The number of hydrogen-bond acceptors (Lipinski definition) is 4. The summed E-state index contributed by atoms with van der Waals surface area (Å²) in [6.45, 7) is 8.82. The van der Waals surface area contributed by atoms with Crippen molar-refractivity contribution >= 4 is 0 Å². The van der Waals surface area contributed by atoms with Crippen LogP contribution in [0.15, 0.2) is 18.3 Å². The summed E-state index contributed by atoms with van der Waals surface area (Å²) >= 11 is 0. The van der Waals surface area contributed by atoms with Crippen LogP contribution in [0.2, 0.25) is 0 Å². The number of fused-ring (bicyclic) bond motifs is 1. The minimum absolute atomic E-state index is 0.485. The number of aromatic nitrogens is 4. The van der Waals surface area contributed by atoms with E-state index < -0.39 is 0 Å². The van der Waals surface area contributed by atoms with Crippen molar-refractivity contribution in [3.05, 3.63) is 35.4 Å². The second-order valence-electron chi connectivity index (χ2n) is 7.33. The van der Waals surface area contributed by atoms with E-state index in [4.69, 9.17) is 0 Å². The maximum Gasteiger partial charge on any atom is 0.0662 e. The Morgan fingerprint density at radius 2 is 2.04 bits per heavy atom. The number of rotatable bonds is 5. The predicted octanol–water partition coefficient (Wildman–Crippen LogP) is 1.97. The van der Waals surface area contributed by atoms with Crippen molar-refractivity contribution in [3.63, 3.8) is 0 Å². The zero-order chi connectivity index (χ0) is 16.5. The average Bonchev–Trinajstić information content (AvgIpc) is 3.27. The molecule has 2 aliphatic rings. The van der Waals surface area contributed by atoms with E-state index in [1.807, 2.05) is 17.9 Å². The lowest BCUT2D eigenvalue weighted by Crippen LogP contribution is -2.39. The Kier molecular flexibility index (Phi) is 4.41. The van der Waals surface area contributed by atoms with E-state index in [0.717, 1.165) is 25.3 Å². The van der Waals surface area contributed by atoms with Crippen molar-refractivity contribution in [1.82, 2.24) is 29.4 Å². The first-order chi connectivity index (χ1) is 11.7. The van der Waals surface area contributed by atoms with E-state index in [1.54, 1.807) is 0 Å². The Hall–Kier alpha value is -1.66. The van der Waals surface area contributed by atoms with Gasteiger partial charge in [-0.15, -0.1) is 0 Å². The van der Waals surface area contributed by atoms with Gasteiger partial charge in [0, 0.05) is 39.4 Å². The van der Waals surface area contributed by atoms with Gasteiger partial charge >= 0.3 is 0 Å². The lowest BCUT2D eigenvalue weighted by molar-refractivity contribution is 0.149. The smallest absolute Gasteiger partial charge is 0.0662 e. The Morgan fingerprint density at radius 3 is 2.79 bits per heavy atom. The van der Waals surface area contributed by atoms with Gasteiger partial charge in [-0.2, -0.15) is 10.2 Å². The summed E-state index contributed by atoms with van der Waals surface area (Å²) in [5, 5.41) is 9.08. The van der Waals surface area contributed by atoms with Gasteiger partial charge in [0.2, 0.25) is 0 Å². The zero-order valence-corrected chi connectivity index (χ0v) is 14.9. The first-order valence-corrected chi connectivity index (χ1v) is 9.15. The Labute approximate surface area is 144 Å². The third-order valence-electron chi connectivity index (χ3n) is 5.41. The molecule has 24 heavy (non-hydrogen) atoms. The molecule has 1 saturated heterocycles. The van der Waals surface area contributed by atoms with Gasteiger partial charge in [0.15, 0.2) is 0 Å². The molecule has 2 aromatic heterocycles. The van der Waals surface area contributed by atoms with E-state index in [2.05, 4.69) is 43.7 Å². The summed E-state index contributed by atoms with van der Waals surface area (Å²) in [5.74, 6) is 0. The van der Waals surface area contributed by atoms with Crippen molar-refractivity contribution in [2.45, 2.75) is 45.3 Å². The highest BCUT2D eigenvalue weighted by molar-refractivity contribution is 5.10. The van der Waals surface area contributed by atoms with Crippen molar-refractivity contribution < 1.29 is 0 Å². The molecule has 0 spiro atoms. The van der Waals surface area contributed by atoms with Crippen LogP contribution in [-0.2, 0) is 20.1 Å². The van der Waals surface area contributed by atoms with Crippen LogP contribution in [0.5, 0.6) is 0 Å². The molecule has 2 aromatic rings. The lowest BCUT2D eigenvalue weighted by atomic mass is 10.1. The molecule has 130 valence electrons. The summed E-state index contributed by atoms with van der Waals surface area (Å²) < 4.78 is 4.28. The molecule has 0 radical (unpaired) electrons. The molecule has 0 N–H and O–H groups in total. The highest BCUT2D eigenvalue weighted by Gasteiger charge is 2.26. The van der Waals surface area contributed by atoms with Crippen LogP contribution in [0.4, 0.5) is 0 Å². The van der Waals surface area contributed by atoms with E-state index in [9.17, 15) is 0 Å². The van der Waals surface area contributed by atoms with Gasteiger partial charge < -0.3 is 4.90 Å². The fourth-order valence-electron chi connectivity index (χ4n) is 4.18. The molecule has 1 fully saturated rings. The monoisotopic (exact) mass is 328 g/mol. The van der Waals surface area contributed by atoms with Gasteiger partial charge in [0.25, 0.3) is 0 Å². The molecule has 0 bridgehead atoms. The number of likely N-dealkylation sites (tertiary alicyclic amines) is 1. The van der Waals surface area contributed by atoms with Gasteiger partial charge in [-0.25, -0.2) is 0 Å². The molecule has 4 heterocycles. The van der Waals surface area contributed by atoms with E-state index in [1.165, 1.54) is 50.3 Å². The van der Waals surface area contributed by atoms with Crippen LogP contribution in [0.3, 0.4) is 0 Å². The number of nitrogens with zero attached hydrogens (tertiary/aromatic N) is 6. The van der Waals surface area contributed by atoms with Crippen LogP contribution >= 0.6 is 0 Å². The predicted molar refractivity (Wildman–Crippen MR) is 93.6 cm³/mol. The molecular weight excluding hydrogens is 300 g/mol. The van der Waals surface area contributed by atoms with Crippen LogP contribution in [-0.4, -0.2) is 55.5 Å². The third kappa shape index (κ3) is 3.26. The fraction of sp³-hybridized carbons (Fsp3) is 0.667. The van der Waals surface area contributed by atoms with Gasteiger partial charge in [-0.05, 0) is 51.4 Å². The summed E-state index contributed by atoms with van der Waals surface area (Å²) in [6, 6.07) is 4.85. The van der Waals surface area contributed by atoms with Crippen molar-refractivity contribution in [3.8, 4) is 0 Å². The number of aryl methyl sites for hydroxylation is 2. The molecule has 0 aromatic carbocycles. The van der Waals surface area contributed by atoms with Crippen molar-refractivity contribution in [1.29, 1.82) is 0 Å². The SMILES string of the molecule is Cc1cc(CN2Cc3ccnn3[C@H](CCN3CCCC3)C2)n(C)n1. The van der Waals surface area contributed by atoms with Gasteiger partial charge in [-0.1, -0.05) is 0 Å². The van der Waals surface area contributed by atoms with E-state index >= 15 is 0 Å².